The summed E-state index contributed by atoms with van der Waals surface area (Å²) in [5.41, 5.74) is 0. The third kappa shape index (κ3) is 3.91. The first kappa shape index (κ1) is 11.9. The minimum atomic E-state index is -4.25. The topological polar surface area (TPSA) is 26.3 Å². The lowest BCUT2D eigenvalue weighted by Crippen LogP contribution is -2.32. The van der Waals surface area contributed by atoms with E-state index in [-0.39, 0.29) is 0 Å². The zero-order valence-electron chi connectivity index (χ0n) is 6.82. The van der Waals surface area contributed by atoms with E-state index in [4.69, 9.17) is 0 Å². The Bertz CT molecular complexity index is 213. The fraction of sp³-hybridized carbons (Fsp3) is 0.571. The molecule has 0 atom stereocenters. The van der Waals surface area contributed by atoms with Gasteiger partial charge in [0, 0.05) is 6.92 Å². The van der Waals surface area contributed by atoms with Crippen LogP contribution in [0.4, 0.5) is 17.6 Å². The molecule has 0 radical (unpaired) electrons. The van der Waals surface area contributed by atoms with Gasteiger partial charge in [0.2, 0.25) is 0 Å². The van der Waals surface area contributed by atoms with E-state index < -0.39 is 30.5 Å². The van der Waals surface area contributed by atoms with Gasteiger partial charge in [-0.2, -0.15) is 8.78 Å². The highest BCUT2D eigenvalue weighted by Crippen LogP contribution is 2.23. The highest BCUT2D eigenvalue weighted by molar-refractivity contribution is 5.90. The molecule has 0 aromatic heterocycles. The standard InChI is InChI=1S/C7H8F4O2/c1-4(12)5(2)13-3-7(10,11)6(8)9/h6H,2-3H2,1H3. The first-order chi connectivity index (χ1) is 5.77. The SMILES string of the molecule is C=C(OCC(F)(F)C(F)F)C(C)=O. The van der Waals surface area contributed by atoms with E-state index in [9.17, 15) is 22.4 Å². The molecule has 0 unspecified atom stereocenters. The molecule has 76 valence electrons. The minimum absolute atomic E-state index is 0.555. The van der Waals surface area contributed by atoms with Gasteiger partial charge < -0.3 is 4.74 Å². The summed E-state index contributed by atoms with van der Waals surface area (Å²) in [7, 11) is 0. The van der Waals surface area contributed by atoms with Crippen LogP contribution in [0, 0.1) is 0 Å². The van der Waals surface area contributed by atoms with E-state index >= 15 is 0 Å². The van der Waals surface area contributed by atoms with E-state index in [1.165, 1.54) is 0 Å². The molecule has 0 rings (SSSR count). The van der Waals surface area contributed by atoms with Crippen molar-refractivity contribution in [2.45, 2.75) is 19.3 Å². The Morgan fingerprint density at radius 3 is 2.31 bits per heavy atom. The highest BCUT2D eigenvalue weighted by Gasteiger charge is 2.41. The fourth-order valence-corrected chi connectivity index (χ4v) is 0.348. The second kappa shape index (κ2) is 4.25. The number of allylic oxidation sites excluding steroid dienone is 1. The second-order valence-corrected chi connectivity index (χ2v) is 2.33. The summed E-state index contributed by atoms with van der Waals surface area (Å²) in [5.74, 6) is -5.48. The second-order valence-electron chi connectivity index (χ2n) is 2.33. The number of carbonyl (C=O) groups is 1. The Labute approximate surface area is 72.2 Å². The molecule has 0 bridgehead atoms. The smallest absolute Gasteiger partial charge is 0.340 e. The zero-order chi connectivity index (χ0) is 10.6. The molecule has 2 nitrogen and oxygen atoms in total. The van der Waals surface area contributed by atoms with Crippen LogP contribution in [0.5, 0.6) is 0 Å². The Balaban J connectivity index is 4.02. The molecule has 0 N–H and O–H groups in total. The monoisotopic (exact) mass is 200 g/mol. The Morgan fingerprint density at radius 1 is 1.54 bits per heavy atom. The maximum Gasteiger partial charge on any atom is 0.340 e. The summed E-state index contributed by atoms with van der Waals surface area (Å²) in [6.45, 7) is 2.46. The van der Waals surface area contributed by atoms with Crippen LogP contribution < -0.4 is 0 Å². The number of halogens is 4. The van der Waals surface area contributed by atoms with Crippen LogP contribution in [0.25, 0.3) is 0 Å². The van der Waals surface area contributed by atoms with Crippen molar-refractivity contribution in [1.82, 2.24) is 0 Å². The van der Waals surface area contributed by atoms with Crippen LogP contribution in [0.3, 0.4) is 0 Å². The molecule has 0 aromatic carbocycles. The number of alkyl halides is 4. The van der Waals surface area contributed by atoms with Crippen LogP contribution in [0.1, 0.15) is 6.92 Å². The number of hydrogen-bond donors (Lipinski definition) is 0. The molecule has 0 aliphatic carbocycles. The minimum Gasteiger partial charge on any atom is -0.484 e. The van der Waals surface area contributed by atoms with Gasteiger partial charge in [0.15, 0.2) is 18.1 Å². The number of rotatable bonds is 5. The van der Waals surface area contributed by atoms with E-state index in [0.717, 1.165) is 6.92 Å². The Hall–Kier alpha value is -1.07. The molecule has 0 aliphatic heterocycles. The summed E-state index contributed by atoms with van der Waals surface area (Å²) >= 11 is 0. The van der Waals surface area contributed by atoms with Crippen molar-refractivity contribution >= 4 is 5.78 Å². The van der Waals surface area contributed by atoms with Crippen LogP contribution in [-0.2, 0) is 9.53 Å². The van der Waals surface area contributed by atoms with Crippen LogP contribution in [0.2, 0.25) is 0 Å². The molecular formula is C7H8F4O2. The van der Waals surface area contributed by atoms with Crippen molar-refractivity contribution < 1.29 is 27.1 Å². The molecule has 0 fully saturated rings. The third-order valence-corrected chi connectivity index (χ3v) is 1.15. The Morgan fingerprint density at radius 2 is 2.00 bits per heavy atom. The number of Topliss-reactive ketones (excluding diaryl/α,β-unsaturated/α-hetero) is 1. The van der Waals surface area contributed by atoms with Gasteiger partial charge in [0.1, 0.15) is 0 Å². The summed E-state index contributed by atoms with van der Waals surface area (Å²) in [5, 5.41) is 0. The predicted octanol–water partition coefficient (Wildman–Crippen LogP) is 2.01. The maximum absolute atomic E-state index is 12.1. The van der Waals surface area contributed by atoms with Crippen LogP contribution in [0.15, 0.2) is 12.3 Å². The van der Waals surface area contributed by atoms with Gasteiger partial charge in [-0.05, 0) is 0 Å². The van der Waals surface area contributed by atoms with Crippen LogP contribution in [-0.4, -0.2) is 24.7 Å². The average Bonchev–Trinajstić information content (AvgIpc) is 1.99. The predicted molar refractivity (Wildman–Crippen MR) is 36.7 cm³/mol. The fourth-order valence-electron chi connectivity index (χ4n) is 0.348. The quantitative estimate of drug-likeness (QED) is 0.385. The molecule has 13 heavy (non-hydrogen) atoms. The number of ether oxygens (including phenoxy) is 1. The van der Waals surface area contributed by atoms with Crippen molar-refractivity contribution in [2.24, 2.45) is 0 Å². The molecule has 0 saturated carbocycles. The van der Waals surface area contributed by atoms with Gasteiger partial charge in [0.05, 0.1) is 0 Å². The summed E-state index contributed by atoms with van der Waals surface area (Å²) in [4.78, 5) is 10.4. The van der Waals surface area contributed by atoms with Gasteiger partial charge in [0.25, 0.3) is 0 Å². The summed E-state index contributed by atoms with van der Waals surface area (Å²) in [6.07, 6.45) is -3.81. The normalized spacial score (nSPS) is 11.5. The van der Waals surface area contributed by atoms with Gasteiger partial charge in [-0.15, -0.1) is 0 Å². The summed E-state index contributed by atoms with van der Waals surface area (Å²) < 4.78 is 51.4. The lowest BCUT2D eigenvalue weighted by atomic mass is 10.3. The van der Waals surface area contributed by atoms with Crippen molar-refractivity contribution in [3.8, 4) is 0 Å². The van der Waals surface area contributed by atoms with Gasteiger partial charge in [-0.3, -0.25) is 4.79 Å². The number of carbonyl (C=O) groups excluding carboxylic acids is 1. The molecule has 0 spiro atoms. The van der Waals surface area contributed by atoms with E-state index in [2.05, 4.69) is 11.3 Å². The average molecular weight is 200 g/mol. The lowest BCUT2D eigenvalue weighted by Gasteiger charge is -2.15. The number of ketones is 1. The van der Waals surface area contributed by atoms with E-state index in [1.807, 2.05) is 0 Å². The van der Waals surface area contributed by atoms with Crippen molar-refractivity contribution in [2.75, 3.05) is 6.61 Å². The van der Waals surface area contributed by atoms with Crippen molar-refractivity contribution in [1.29, 1.82) is 0 Å². The Kier molecular flexibility index (Phi) is 3.90. The first-order valence-corrected chi connectivity index (χ1v) is 3.26. The van der Waals surface area contributed by atoms with E-state index in [1.54, 1.807) is 0 Å². The molecule has 0 saturated heterocycles. The first-order valence-electron chi connectivity index (χ1n) is 3.26. The molecular weight excluding hydrogens is 192 g/mol. The lowest BCUT2D eigenvalue weighted by molar-refractivity contribution is -0.159. The number of hydrogen-bond acceptors (Lipinski definition) is 2. The zero-order valence-corrected chi connectivity index (χ0v) is 6.82. The van der Waals surface area contributed by atoms with E-state index in [0.29, 0.717) is 0 Å². The van der Waals surface area contributed by atoms with Crippen molar-refractivity contribution in [3.05, 3.63) is 12.3 Å². The third-order valence-electron chi connectivity index (χ3n) is 1.15. The molecule has 0 amide bonds. The molecule has 6 heteroatoms. The van der Waals surface area contributed by atoms with Gasteiger partial charge >= 0.3 is 12.3 Å². The van der Waals surface area contributed by atoms with Gasteiger partial charge in [-0.25, -0.2) is 8.78 Å². The molecule has 0 heterocycles. The molecule has 0 aromatic rings. The largest absolute Gasteiger partial charge is 0.484 e. The maximum atomic E-state index is 12.1. The van der Waals surface area contributed by atoms with Crippen molar-refractivity contribution in [3.63, 3.8) is 0 Å². The highest BCUT2D eigenvalue weighted by atomic mass is 19.3. The summed E-state index contributed by atoms with van der Waals surface area (Å²) in [6, 6.07) is 0. The molecule has 0 aliphatic rings. The van der Waals surface area contributed by atoms with Crippen LogP contribution >= 0.6 is 0 Å². The van der Waals surface area contributed by atoms with Gasteiger partial charge in [-0.1, -0.05) is 6.58 Å².